The van der Waals surface area contributed by atoms with Gasteiger partial charge in [0, 0.05) is 11.8 Å². The normalized spacial score (nSPS) is 10.4. The average molecular weight is 373 g/mol. The summed E-state index contributed by atoms with van der Waals surface area (Å²) in [5, 5.41) is 19.1. The molecule has 6 heteroatoms. The minimum atomic E-state index is -0.967. The van der Waals surface area contributed by atoms with E-state index in [0.717, 1.165) is 11.1 Å². The van der Waals surface area contributed by atoms with Gasteiger partial charge >= 0.3 is 0 Å². The molecule has 0 saturated carbocycles. The van der Waals surface area contributed by atoms with Gasteiger partial charge in [0.15, 0.2) is 0 Å². The summed E-state index contributed by atoms with van der Waals surface area (Å²) in [6.45, 7) is 0.204. The zero-order chi connectivity index (χ0) is 20.1. The molecule has 0 fully saturated rings. The molecule has 28 heavy (non-hydrogen) atoms. The summed E-state index contributed by atoms with van der Waals surface area (Å²) >= 11 is 0. The number of aromatic nitrogens is 1. The molecule has 6 nitrogen and oxygen atoms in total. The second-order valence-corrected chi connectivity index (χ2v) is 6.45. The van der Waals surface area contributed by atoms with Crippen LogP contribution in [0.5, 0.6) is 5.75 Å². The van der Waals surface area contributed by atoms with E-state index in [-0.39, 0.29) is 6.54 Å². The Kier molecular flexibility index (Phi) is 5.56. The number of aryl methyl sites for hydroxylation is 2. The number of hydrogen-bond donors (Lipinski definition) is 2. The highest BCUT2D eigenvalue weighted by Crippen LogP contribution is 2.18. The fraction of sp³-hybridized carbons (Fsp3) is 0.136. The van der Waals surface area contributed by atoms with Crippen molar-refractivity contribution in [3.05, 3.63) is 99.0 Å². The van der Waals surface area contributed by atoms with Gasteiger partial charge in [0.2, 0.25) is 0 Å². The molecule has 0 aliphatic rings. The Morgan fingerprint density at radius 2 is 1.71 bits per heavy atom. The zero-order valence-corrected chi connectivity index (χ0v) is 15.1. The summed E-state index contributed by atoms with van der Waals surface area (Å²) in [4.78, 5) is 24.5. The van der Waals surface area contributed by atoms with Crippen molar-refractivity contribution >= 4 is 5.91 Å². The van der Waals surface area contributed by atoms with Gasteiger partial charge in [-0.2, -0.15) is 5.26 Å². The average Bonchev–Trinajstić information content (AvgIpc) is 2.69. The first-order chi connectivity index (χ1) is 13.5. The summed E-state index contributed by atoms with van der Waals surface area (Å²) in [6.07, 6.45) is 1.17. The molecule has 3 aromatic rings. The van der Waals surface area contributed by atoms with Crippen molar-refractivity contribution in [1.82, 2.24) is 4.57 Å². The van der Waals surface area contributed by atoms with Crippen LogP contribution in [0, 0.1) is 11.3 Å². The van der Waals surface area contributed by atoms with E-state index in [1.807, 2.05) is 36.4 Å². The van der Waals surface area contributed by atoms with Crippen molar-refractivity contribution in [3.63, 3.8) is 0 Å². The highest BCUT2D eigenvalue weighted by atomic mass is 16.3. The minimum Gasteiger partial charge on any atom is -0.507 e. The number of nitrogens with two attached hydrogens (primary N) is 1. The molecule has 0 radical (unpaired) electrons. The first-order valence-corrected chi connectivity index (χ1v) is 8.78. The van der Waals surface area contributed by atoms with Crippen molar-refractivity contribution in [2.45, 2.75) is 19.4 Å². The number of hydrogen-bond acceptors (Lipinski definition) is 4. The van der Waals surface area contributed by atoms with Gasteiger partial charge in [-0.05, 0) is 36.1 Å². The van der Waals surface area contributed by atoms with Crippen molar-refractivity contribution < 1.29 is 9.90 Å². The van der Waals surface area contributed by atoms with Crippen molar-refractivity contribution in [1.29, 1.82) is 5.26 Å². The van der Waals surface area contributed by atoms with Crippen molar-refractivity contribution in [3.8, 4) is 11.8 Å². The Morgan fingerprint density at radius 1 is 1.04 bits per heavy atom. The number of pyridine rings is 1. The molecule has 0 atom stereocenters. The van der Waals surface area contributed by atoms with Crippen LogP contribution in [0.15, 0.2) is 65.5 Å². The molecule has 0 bridgehead atoms. The lowest BCUT2D eigenvalue weighted by Crippen LogP contribution is -2.32. The van der Waals surface area contributed by atoms with Gasteiger partial charge < -0.3 is 15.4 Å². The molecule has 3 N–H and O–H groups in total. The molecular formula is C22H19N3O3. The van der Waals surface area contributed by atoms with Gasteiger partial charge in [0.25, 0.3) is 11.5 Å². The molecule has 2 aromatic carbocycles. The third kappa shape index (κ3) is 4.10. The number of primary amides is 1. The first kappa shape index (κ1) is 18.9. The molecule has 140 valence electrons. The number of carbonyl (C=O) groups excluding carboxylic acids is 1. The summed E-state index contributed by atoms with van der Waals surface area (Å²) in [5.74, 6) is -1.37. The van der Waals surface area contributed by atoms with Gasteiger partial charge in [-0.15, -0.1) is 0 Å². The highest BCUT2D eigenvalue weighted by molar-refractivity contribution is 5.95. The van der Waals surface area contributed by atoms with Crippen LogP contribution >= 0.6 is 0 Å². The molecule has 0 aliphatic carbocycles. The Morgan fingerprint density at radius 3 is 2.32 bits per heavy atom. The quantitative estimate of drug-likeness (QED) is 0.691. The number of nitrogens with zero attached hydrogens (tertiary/aromatic N) is 2. The van der Waals surface area contributed by atoms with Crippen LogP contribution in [0.3, 0.4) is 0 Å². The monoisotopic (exact) mass is 373 g/mol. The molecule has 3 rings (SSSR count). The Balaban J connectivity index is 2.00. The third-order valence-corrected chi connectivity index (χ3v) is 4.55. The van der Waals surface area contributed by atoms with E-state index < -0.39 is 22.8 Å². The Hall–Kier alpha value is -3.85. The summed E-state index contributed by atoms with van der Waals surface area (Å²) in [6, 6.07) is 20.1. The predicted octanol–water partition coefficient (Wildman–Crippen LogP) is 2.36. The molecule has 0 unspecified atom stereocenters. The number of amides is 1. The third-order valence-electron chi connectivity index (χ3n) is 4.55. The molecular weight excluding hydrogens is 354 g/mol. The van der Waals surface area contributed by atoms with Crippen LogP contribution in [0.1, 0.15) is 32.7 Å². The standard InChI is InChI=1S/C22H19N3O3/c23-13-16-6-8-17(9-7-16)14-25-18(11-10-15-4-2-1-3-5-15)12-19(26)20(21(24)27)22(25)28/h1-9,12,26H,10-11,14H2,(H2,24,27). The maximum Gasteiger partial charge on any atom is 0.267 e. The van der Waals surface area contributed by atoms with E-state index in [0.29, 0.717) is 24.1 Å². The van der Waals surface area contributed by atoms with Gasteiger partial charge in [-0.3, -0.25) is 9.59 Å². The summed E-state index contributed by atoms with van der Waals surface area (Å²) in [7, 11) is 0. The molecule has 1 amide bonds. The second kappa shape index (κ2) is 8.23. The molecule has 0 spiro atoms. The van der Waals surface area contributed by atoms with E-state index in [4.69, 9.17) is 11.0 Å². The van der Waals surface area contributed by atoms with Crippen LogP contribution < -0.4 is 11.3 Å². The summed E-state index contributed by atoms with van der Waals surface area (Å²) < 4.78 is 1.45. The number of rotatable bonds is 6. The minimum absolute atomic E-state index is 0.204. The molecule has 0 saturated heterocycles. The van der Waals surface area contributed by atoms with Gasteiger partial charge in [-0.1, -0.05) is 42.5 Å². The van der Waals surface area contributed by atoms with E-state index >= 15 is 0 Å². The van der Waals surface area contributed by atoms with Crippen molar-refractivity contribution in [2.75, 3.05) is 0 Å². The van der Waals surface area contributed by atoms with E-state index in [9.17, 15) is 14.7 Å². The SMILES string of the molecule is N#Cc1ccc(Cn2c(CCc3ccccc3)cc(O)c(C(N)=O)c2=O)cc1. The number of aromatic hydroxyl groups is 1. The number of nitriles is 1. The lowest BCUT2D eigenvalue weighted by Gasteiger charge is -2.15. The lowest BCUT2D eigenvalue weighted by atomic mass is 10.1. The maximum atomic E-state index is 12.8. The van der Waals surface area contributed by atoms with Crippen LogP contribution in [0.4, 0.5) is 0 Å². The maximum absolute atomic E-state index is 12.8. The van der Waals surface area contributed by atoms with Crippen LogP contribution in [-0.4, -0.2) is 15.6 Å². The van der Waals surface area contributed by atoms with Gasteiger partial charge in [0.05, 0.1) is 18.2 Å². The van der Waals surface area contributed by atoms with E-state index in [1.165, 1.54) is 10.6 Å². The van der Waals surface area contributed by atoms with Crippen LogP contribution in [0.2, 0.25) is 0 Å². The van der Waals surface area contributed by atoms with Gasteiger partial charge in [-0.25, -0.2) is 0 Å². The smallest absolute Gasteiger partial charge is 0.267 e. The first-order valence-electron chi connectivity index (χ1n) is 8.78. The molecule has 0 aliphatic heterocycles. The van der Waals surface area contributed by atoms with E-state index in [2.05, 4.69) is 0 Å². The zero-order valence-electron chi connectivity index (χ0n) is 15.1. The highest BCUT2D eigenvalue weighted by Gasteiger charge is 2.19. The fourth-order valence-electron chi connectivity index (χ4n) is 3.08. The van der Waals surface area contributed by atoms with E-state index in [1.54, 1.807) is 24.3 Å². The largest absolute Gasteiger partial charge is 0.507 e. The topological polar surface area (TPSA) is 109 Å². The number of carbonyl (C=O) groups is 1. The predicted molar refractivity (Wildman–Crippen MR) is 105 cm³/mol. The van der Waals surface area contributed by atoms with Crippen LogP contribution in [0.25, 0.3) is 0 Å². The second-order valence-electron chi connectivity index (χ2n) is 6.45. The van der Waals surface area contributed by atoms with Gasteiger partial charge in [0.1, 0.15) is 11.3 Å². The Labute approximate surface area is 162 Å². The Bertz CT molecular complexity index is 1090. The molecule has 1 aromatic heterocycles. The summed E-state index contributed by atoms with van der Waals surface area (Å²) in [5.41, 5.74) is 7.24. The van der Waals surface area contributed by atoms with Crippen molar-refractivity contribution in [2.24, 2.45) is 5.73 Å². The molecule has 1 heterocycles. The van der Waals surface area contributed by atoms with Crippen LogP contribution in [-0.2, 0) is 19.4 Å². The lowest BCUT2D eigenvalue weighted by molar-refractivity contribution is 0.0995. The number of benzene rings is 2. The fourth-order valence-corrected chi connectivity index (χ4v) is 3.08.